The summed E-state index contributed by atoms with van der Waals surface area (Å²) in [6, 6.07) is 10.7. The predicted octanol–water partition coefficient (Wildman–Crippen LogP) is 3.17. The lowest BCUT2D eigenvalue weighted by molar-refractivity contribution is -0.139. The van der Waals surface area contributed by atoms with E-state index in [-0.39, 0.29) is 24.9 Å². The van der Waals surface area contributed by atoms with E-state index in [1.165, 1.54) is 11.0 Å². The van der Waals surface area contributed by atoms with Gasteiger partial charge in [0.05, 0.1) is 11.9 Å². The first-order valence-electron chi connectivity index (χ1n) is 11.3. The fourth-order valence-electron chi connectivity index (χ4n) is 3.56. The van der Waals surface area contributed by atoms with Crippen LogP contribution < -0.4 is 19.1 Å². The molecular formula is C24H30ClN3O6S. The number of amides is 2. The first kappa shape index (κ1) is 26.6. The van der Waals surface area contributed by atoms with Gasteiger partial charge in [-0.3, -0.25) is 13.9 Å². The van der Waals surface area contributed by atoms with Crippen molar-refractivity contribution in [3.8, 4) is 11.5 Å². The number of benzene rings is 2. The van der Waals surface area contributed by atoms with E-state index < -0.39 is 28.5 Å². The molecule has 0 fully saturated rings. The molecule has 3 rings (SSSR count). The van der Waals surface area contributed by atoms with Gasteiger partial charge in [-0.1, -0.05) is 37.1 Å². The fourth-order valence-corrected chi connectivity index (χ4v) is 4.53. The van der Waals surface area contributed by atoms with Crippen molar-refractivity contribution < 1.29 is 27.5 Å². The molecule has 1 N–H and O–H groups in total. The van der Waals surface area contributed by atoms with Crippen LogP contribution in [0, 0.1) is 0 Å². The molecule has 190 valence electrons. The first-order chi connectivity index (χ1) is 16.6. The number of rotatable bonds is 11. The fraction of sp³-hybridized carbons (Fsp3) is 0.417. The van der Waals surface area contributed by atoms with Crippen LogP contribution in [0.5, 0.6) is 11.5 Å². The molecule has 11 heteroatoms. The molecule has 0 unspecified atom stereocenters. The minimum atomic E-state index is -3.83. The smallest absolute Gasteiger partial charge is 0.244 e. The number of ether oxygens (including phenoxy) is 2. The van der Waals surface area contributed by atoms with Crippen molar-refractivity contribution in [1.29, 1.82) is 0 Å². The molecule has 35 heavy (non-hydrogen) atoms. The maximum absolute atomic E-state index is 13.5. The number of hydrogen-bond acceptors (Lipinski definition) is 6. The molecule has 1 heterocycles. The Morgan fingerprint density at radius 2 is 1.80 bits per heavy atom. The minimum absolute atomic E-state index is 0.0378. The molecule has 0 aromatic heterocycles. The van der Waals surface area contributed by atoms with Gasteiger partial charge in [-0.25, -0.2) is 8.42 Å². The van der Waals surface area contributed by atoms with Crippen LogP contribution in [0.15, 0.2) is 42.5 Å². The van der Waals surface area contributed by atoms with Crippen molar-refractivity contribution >= 4 is 39.1 Å². The highest BCUT2D eigenvalue weighted by molar-refractivity contribution is 7.92. The van der Waals surface area contributed by atoms with Crippen LogP contribution in [0.1, 0.15) is 32.3 Å². The Morgan fingerprint density at radius 3 is 2.46 bits per heavy atom. The highest BCUT2D eigenvalue weighted by Crippen LogP contribution is 2.36. The average Bonchev–Trinajstić information content (AvgIpc) is 3.29. The van der Waals surface area contributed by atoms with Crippen molar-refractivity contribution in [2.75, 3.05) is 30.4 Å². The number of carbonyl (C=O) groups excluding carboxylic acids is 2. The van der Waals surface area contributed by atoms with Gasteiger partial charge in [0.15, 0.2) is 11.5 Å². The van der Waals surface area contributed by atoms with Gasteiger partial charge in [-0.05, 0) is 43.2 Å². The third-order valence-corrected chi connectivity index (χ3v) is 6.98. The lowest BCUT2D eigenvalue weighted by atomic mass is 10.1. The first-order valence-corrected chi connectivity index (χ1v) is 13.5. The van der Waals surface area contributed by atoms with Crippen molar-refractivity contribution in [3.05, 3.63) is 53.1 Å². The summed E-state index contributed by atoms with van der Waals surface area (Å²) in [5.41, 5.74) is 1.02. The average molecular weight is 524 g/mol. The lowest BCUT2D eigenvalue weighted by Crippen LogP contribution is -2.51. The largest absolute Gasteiger partial charge is 0.454 e. The van der Waals surface area contributed by atoms with Crippen molar-refractivity contribution in [1.82, 2.24) is 10.2 Å². The molecular weight excluding hydrogens is 494 g/mol. The highest BCUT2D eigenvalue weighted by Gasteiger charge is 2.30. The number of fused-ring (bicyclic) bond motifs is 1. The molecule has 2 aromatic rings. The summed E-state index contributed by atoms with van der Waals surface area (Å²) in [5.74, 6) is 0.0523. The number of carbonyl (C=O) groups is 2. The van der Waals surface area contributed by atoms with Gasteiger partial charge in [0.25, 0.3) is 0 Å². The van der Waals surface area contributed by atoms with Crippen LogP contribution in [0.25, 0.3) is 0 Å². The molecule has 0 spiro atoms. The maximum atomic E-state index is 13.5. The Hall–Kier alpha value is -2.98. The van der Waals surface area contributed by atoms with Gasteiger partial charge in [-0.15, -0.1) is 0 Å². The Morgan fingerprint density at radius 1 is 1.11 bits per heavy atom. The van der Waals surface area contributed by atoms with E-state index in [9.17, 15) is 18.0 Å². The Balaban J connectivity index is 1.87. The van der Waals surface area contributed by atoms with Crippen molar-refractivity contribution in [2.45, 2.75) is 39.3 Å². The second-order valence-electron chi connectivity index (χ2n) is 8.28. The maximum Gasteiger partial charge on any atom is 0.244 e. The molecule has 0 saturated carbocycles. The molecule has 0 radical (unpaired) electrons. The summed E-state index contributed by atoms with van der Waals surface area (Å²) < 4.78 is 36.9. The van der Waals surface area contributed by atoms with E-state index >= 15 is 0 Å². The summed E-state index contributed by atoms with van der Waals surface area (Å²) in [6.07, 6.45) is 2.76. The quantitative estimate of drug-likeness (QED) is 0.454. The van der Waals surface area contributed by atoms with Gasteiger partial charge in [0.1, 0.15) is 12.6 Å². The molecule has 0 aliphatic carbocycles. The Bertz CT molecular complexity index is 1160. The second kappa shape index (κ2) is 11.6. The number of nitrogens with one attached hydrogen (secondary N) is 1. The summed E-state index contributed by atoms with van der Waals surface area (Å²) in [5, 5.41) is 3.39. The molecule has 1 aliphatic rings. The molecule has 2 amide bonds. The second-order valence-corrected chi connectivity index (χ2v) is 10.6. The lowest BCUT2D eigenvalue weighted by Gasteiger charge is -2.31. The van der Waals surface area contributed by atoms with Crippen LogP contribution in [-0.4, -0.2) is 57.3 Å². The molecule has 0 bridgehead atoms. The number of nitrogens with zero attached hydrogens (tertiary/aromatic N) is 2. The summed E-state index contributed by atoms with van der Waals surface area (Å²) in [6.45, 7) is 3.80. The monoisotopic (exact) mass is 523 g/mol. The van der Waals surface area contributed by atoms with Gasteiger partial charge in [0.2, 0.25) is 28.6 Å². The van der Waals surface area contributed by atoms with Crippen LogP contribution in [-0.2, 0) is 26.2 Å². The molecule has 0 saturated heterocycles. The minimum Gasteiger partial charge on any atom is -0.454 e. The van der Waals surface area contributed by atoms with E-state index in [0.29, 0.717) is 23.1 Å². The predicted molar refractivity (Wildman–Crippen MR) is 134 cm³/mol. The number of anilines is 1. The zero-order valence-electron chi connectivity index (χ0n) is 20.0. The zero-order valence-corrected chi connectivity index (χ0v) is 21.6. The normalized spacial score (nSPS) is 13.3. The summed E-state index contributed by atoms with van der Waals surface area (Å²) >= 11 is 5.98. The van der Waals surface area contributed by atoms with E-state index in [1.807, 2.05) is 6.92 Å². The topological polar surface area (TPSA) is 105 Å². The summed E-state index contributed by atoms with van der Waals surface area (Å²) in [7, 11) is -3.83. The summed E-state index contributed by atoms with van der Waals surface area (Å²) in [4.78, 5) is 27.7. The van der Waals surface area contributed by atoms with E-state index in [2.05, 4.69) is 5.32 Å². The zero-order chi connectivity index (χ0) is 25.6. The van der Waals surface area contributed by atoms with E-state index in [4.69, 9.17) is 21.1 Å². The van der Waals surface area contributed by atoms with Crippen molar-refractivity contribution in [2.24, 2.45) is 0 Å². The Kier molecular flexibility index (Phi) is 8.85. The number of halogens is 1. The number of unbranched alkanes of at least 4 members (excludes halogenated alkanes) is 1. The standard InChI is InChI=1S/C24H30ClN3O6S/c1-4-5-12-26-24(30)17(2)27(14-18-6-8-19(25)9-7-18)23(29)15-28(35(3,31)32)20-10-11-21-22(13-20)34-16-33-21/h6-11,13,17H,4-5,12,14-16H2,1-3H3,(H,26,30)/t17-/m0/s1. The van der Waals surface area contributed by atoms with Crippen LogP contribution in [0.2, 0.25) is 5.02 Å². The molecule has 1 atom stereocenters. The van der Waals surface area contributed by atoms with E-state index in [1.54, 1.807) is 43.3 Å². The van der Waals surface area contributed by atoms with E-state index in [0.717, 1.165) is 29.0 Å². The van der Waals surface area contributed by atoms with Crippen molar-refractivity contribution in [3.63, 3.8) is 0 Å². The van der Waals surface area contributed by atoms with Crippen LogP contribution >= 0.6 is 11.6 Å². The molecule has 1 aliphatic heterocycles. The van der Waals surface area contributed by atoms with Crippen LogP contribution in [0.3, 0.4) is 0 Å². The van der Waals surface area contributed by atoms with Gasteiger partial charge >= 0.3 is 0 Å². The molecule has 2 aromatic carbocycles. The van der Waals surface area contributed by atoms with Gasteiger partial charge < -0.3 is 19.7 Å². The Labute approximate surface area is 211 Å². The third-order valence-electron chi connectivity index (χ3n) is 5.59. The molecule has 9 nitrogen and oxygen atoms in total. The van der Waals surface area contributed by atoms with Crippen LogP contribution in [0.4, 0.5) is 5.69 Å². The number of hydrogen-bond donors (Lipinski definition) is 1. The van der Waals surface area contributed by atoms with Gasteiger partial charge in [-0.2, -0.15) is 0 Å². The third kappa shape index (κ3) is 7.02. The van der Waals surface area contributed by atoms with Gasteiger partial charge in [0, 0.05) is 24.2 Å². The highest BCUT2D eigenvalue weighted by atomic mass is 35.5. The number of sulfonamides is 1. The SMILES string of the molecule is CCCCNC(=O)[C@H](C)N(Cc1ccc(Cl)cc1)C(=O)CN(c1ccc2c(c1)OCO2)S(C)(=O)=O.